The van der Waals surface area contributed by atoms with E-state index in [9.17, 15) is 8.42 Å². The number of hydrogen-bond donors (Lipinski definition) is 1. The number of aromatic nitrogens is 2. The average molecular weight is 353 g/mol. The molecule has 0 bridgehead atoms. The Balaban J connectivity index is 1.66. The molecule has 3 aromatic rings. The first-order chi connectivity index (χ1) is 12.0. The maximum absolute atomic E-state index is 11.8. The zero-order valence-corrected chi connectivity index (χ0v) is 14.8. The van der Waals surface area contributed by atoms with Crippen LogP contribution in [-0.2, 0) is 15.3 Å². The Hall–Kier alpha value is -2.47. The first kappa shape index (κ1) is 16.0. The minimum atomic E-state index is -3.27. The molecular weight excluding hydrogens is 334 g/mol. The molecule has 1 N–H and O–H groups in total. The lowest BCUT2D eigenvalue weighted by Crippen LogP contribution is -2.20. The van der Waals surface area contributed by atoms with Crippen LogP contribution in [0.4, 0.5) is 5.82 Å². The van der Waals surface area contributed by atoms with E-state index >= 15 is 0 Å². The Morgan fingerprint density at radius 3 is 2.52 bits per heavy atom. The van der Waals surface area contributed by atoms with Crippen LogP contribution in [0, 0.1) is 0 Å². The van der Waals surface area contributed by atoms with Gasteiger partial charge in [0.15, 0.2) is 9.84 Å². The molecule has 1 aliphatic rings. The lowest BCUT2D eigenvalue weighted by atomic mass is 9.96. The van der Waals surface area contributed by atoms with E-state index in [4.69, 9.17) is 0 Å². The number of benzene rings is 2. The van der Waals surface area contributed by atoms with Gasteiger partial charge in [-0.3, -0.25) is 0 Å². The van der Waals surface area contributed by atoms with E-state index in [1.807, 2.05) is 6.07 Å². The molecule has 1 aliphatic carbocycles. The molecule has 0 aliphatic heterocycles. The predicted molar refractivity (Wildman–Crippen MR) is 98.5 cm³/mol. The number of sulfone groups is 1. The molecule has 2 aromatic carbocycles. The van der Waals surface area contributed by atoms with Crippen molar-refractivity contribution >= 4 is 26.6 Å². The summed E-state index contributed by atoms with van der Waals surface area (Å²) in [5.41, 5.74) is 2.21. The molecule has 6 heteroatoms. The highest BCUT2D eigenvalue weighted by Crippen LogP contribution is 2.48. The standard InChI is InChI=1S/C19H19N3O2S/c1-25(23,24)15-7-8-17-16(11-15)18(22-13-21-17)20-12-19(9-10-19)14-5-3-2-4-6-14/h2-8,11,13H,9-10,12H2,1H3,(H,20,21,22). The van der Waals surface area contributed by atoms with Crippen LogP contribution in [0.2, 0.25) is 0 Å². The third-order valence-electron chi connectivity index (χ3n) is 4.87. The molecule has 1 aromatic heterocycles. The van der Waals surface area contributed by atoms with Crippen LogP contribution < -0.4 is 5.32 Å². The molecule has 0 spiro atoms. The van der Waals surface area contributed by atoms with Crippen molar-refractivity contribution in [3.8, 4) is 0 Å². The number of rotatable bonds is 5. The Bertz CT molecular complexity index is 1030. The molecule has 1 heterocycles. The van der Waals surface area contributed by atoms with E-state index in [-0.39, 0.29) is 10.3 Å². The molecule has 128 valence electrons. The van der Waals surface area contributed by atoms with Gasteiger partial charge in [-0.15, -0.1) is 0 Å². The van der Waals surface area contributed by atoms with Crippen LogP contribution >= 0.6 is 0 Å². The molecule has 25 heavy (non-hydrogen) atoms. The number of hydrogen-bond acceptors (Lipinski definition) is 5. The third kappa shape index (κ3) is 3.09. The molecule has 0 saturated heterocycles. The second-order valence-corrected chi connectivity index (χ2v) is 8.69. The lowest BCUT2D eigenvalue weighted by molar-refractivity contribution is 0.602. The largest absolute Gasteiger partial charge is 0.369 e. The van der Waals surface area contributed by atoms with E-state index in [1.54, 1.807) is 18.2 Å². The maximum atomic E-state index is 11.8. The zero-order valence-electron chi connectivity index (χ0n) is 13.9. The molecule has 1 saturated carbocycles. The summed E-state index contributed by atoms with van der Waals surface area (Å²) in [7, 11) is -3.27. The summed E-state index contributed by atoms with van der Waals surface area (Å²) in [6.45, 7) is 0.770. The summed E-state index contributed by atoms with van der Waals surface area (Å²) < 4.78 is 23.7. The van der Waals surface area contributed by atoms with Crippen LogP contribution in [0.25, 0.3) is 10.9 Å². The number of fused-ring (bicyclic) bond motifs is 1. The van der Waals surface area contributed by atoms with Crippen molar-refractivity contribution in [1.29, 1.82) is 0 Å². The van der Waals surface area contributed by atoms with Gasteiger partial charge in [-0.2, -0.15) is 0 Å². The molecule has 1 fully saturated rings. The summed E-state index contributed by atoms with van der Waals surface area (Å²) in [4.78, 5) is 8.85. The highest BCUT2D eigenvalue weighted by atomic mass is 32.2. The van der Waals surface area contributed by atoms with E-state index in [0.29, 0.717) is 5.82 Å². The van der Waals surface area contributed by atoms with Crippen molar-refractivity contribution in [2.45, 2.75) is 23.2 Å². The first-order valence-corrected chi connectivity index (χ1v) is 10.1. The molecule has 0 unspecified atom stereocenters. The summed E-state index contributed by atoms with van der Waals surface area (Å²) >= 11 is 0. The van der Waals surface area contributed by atoms with Crippen molar-refractivity contribution < 1.29 is 8.42 Å². The summed E-state index contributed by atoms with van der Waals surface area (Å²) in [5, 5.41) is 4.15. The molecule has 0 atom stereocenters. The number of anilines is 1. The Morgan fingerprint density at radius 2 is 1.84 bits per heavy atom. The van der Waals surface area contributed by atoms with Gasteiger partial charge in [0.1, 0.15) is 12.1 Å². The van der Waals surface area contributed by atoms with Crippen molar-refractivity contribution in [1.82, 2.24) is 9.97 Å². The highest BCUT2D eigenvalue weighted by molar-refractivity contribution is 7.90. The molecular formula is C19H19N3O2S. The minimum absolute atomic E-state index is 0.146. The van der Waals surface area contributed by atoms with Crippen molar-refractivity contribution in [2.75, 3.05) is 18.1 Å². The van der Waals surface area contributed by atoms with Crippen molar-refractivity contribution in [3.05, 3.63) is 60.4 Å². The van der Waals surface area contributed by atoms with Gasteiger partial charge in [0.05, 0.1) is 10.4 Å². The van der Waals surface area contributed by atoms with Gasteiger partial charge in [-0.05, 0) is 36.6 Å². The van der Waals surface area contributed by atoms with Gasteiger partial charge in [0.2, 0.25) is 0 Å². The summed E-state index contributed by atoms with van der Waals surface area (Å²) in [6.07, 6.45) is 5.00. The van der Waals surface area contributed by atoms with Gasteiger partial charge < -0.3 is 5.32 Å². The van der Waals surface area contributed by atoms with Crippen molar-refractivity contribution in [3.63, 3.8) is 0 Å². The predicted octanol–water partition coefficient (Wildman–Crippen LogP) is 3.18. The van der Waals surface area contributed by atoms with Crippen LogP contribution in [0.1, 0.15) is 18.4 Å². The topological polar surface area (TPSA) is 72.0 Å². The Morgan fingerprint density at radius 1 is 1.08 bits per heavy atom. The van der Waals surface area contributed by atoms with Gasteiger partial charge >= 0.3 is 0 Å². The average Bonchev–Trinajstić information content (AvgIpc) is 3.41. The Labute approximate surface area is 147 Å². The molecule has 0 amide bonds. The van der Waals surface area contributed by atoms with Gasteiger partial charge in [0.25, 0.3) is 0 Å². The second-order valence-electron chi connectivity index (χ2n) is 6.67. The Kier molecular flexibility index (Phi) is 3.72. The van der Waals surface area contributed by atoms with Gasteiger partial charge in [-0.25, -0.2) is 18.4 Å². The summed E-state index contributed by atoms with van der Waals surface area (Å²) in [6, 6.07) is 15.4. The van der Waals surface area contributed by atoms with Gasteiger partial charge in [-0.1, -0.05) is 30.3 Å². The molecule has 0 radical (unpaired) electrons. The van der Waals surface area contributed by atoms with Crippen LogP contribution in [-0.4, -0.2) is 31.2 Å². The number of nitrogens with zero attached hydrogens (tertiary/aromatic N) is 2. The van der Waals surface area contributed by atoms with E-state index in [2.05, 4.69) is 39.6 Å². The SMILES string of the molecule is CS(=O)(=O)c1ccc2ncnc(NCC3(c4ccccc4)CC3)c2c1. The fourth-order valence-corrected chi connectivity index (χ4v) is 3.82. The number of nitrogens with one attached hydrogen (secondary N) is 1. The highest BCUT2D eigenvalue weighted by Gasteiger charge is 2.43. The second kappa shape index (κ2) is 5.81. The van der Waals surface area contributed by atoms with Crippen molar-refractivity contribution in [2.24, 2.45) is 0 Å². The van der Waals surface area contributed by atoms with E-state index in [1.165, 1.54) is 18.1 Å². The van der Waals surface area contributed by atoms with Crippen LogP contribution in [0.15, 0.2) is 59.8 Å². The van der Waals surface area contributed by atoms with Gasteiger partial charge in [0, 0.05) is 23.6 Å². The fraction of sp³-hybridized carbons (Fsp3) is 0.263. The van der Waals surface area contributed by atoms with E-state index < -0.39 is 9.84 Å². The normalized spacial score (nSPS) is 15.9. The fourth-order valence-electron chi connectivity index (χ4n) is 3.17. The van der Waals surface area contributed by atoms with Crippen LogP contribution in [0.3, 0.4) is 0 Å². The zero-order chi connectivity index (χ0) is 17.5. The maximum Gasteiger partial charge on any atom is 0.175 e. The molecule has 5 nitrogen and oxygen atoms in total. The minimum Gasteiger partial charge on any atom is -0.369 e. The summed E-state index contributed by atoms with van der Waals surface area (Å²) in [5.74, 6) is 0.678. The third-order valence-corrected chi connectivity index (χ3v) is 5.98. The quantitative estimate of drug-likeness (QED) is 0.763. The smallest absolute Gasteiger partial charge is 0.175 e. The lowest BCUT2D eigenvalue weighted by Gasteiger charge is -2.17. The van der Waals surface area contributed by atoms with Crippen LogP contribution in [0.5, 0.6) is 0 Å². The molecule has 4 rings (SSSR count). The van der Waals surface area contributed by atoms with E-state index in [0.717, 1.165) is 30.3 Å². The first-order valence-electron chi connectivity index (χ1n) is 8.22. The monoisotopic (exact) mass is 353 g/mol.